The van der Waals surface area contributed by atoms with Crippen LogP contribution < -0.4 is 20.7 Å². The maximum absolute atomic E-state index is 13.4. The Balaban J connectivity index is 1.57. The number of rotatable bonds is 7. The van der Waals surface area contributed by atoms with E-state index in [1.807, 2.05) is 93.6 Å². The lowest BCUT2D eigenvalue weighted by Gasteiger charge is -2.27. The number of carbonyl (C=O) groups is 2. The fraction of sp³-hybridized carbons (Fsp3) is 0.207. The summed E-state index contributed by atoms with van der Waals surface area (Å²) in [6.45, 7) is 5.79. The Kier molecular flexibility index (Phi) is 8.30. The summed E-state index contributed by atoms with van der Waals surface area (Å²) in [7, 11) is 1.62. The van der Waals surface area contributed by atoms with Gasteiger partial charge in [0.05, 0.1) is 18.4 Å². The summed E-state index contributed by atoms with van der Waals surface area (Å²) in [6, 6.07) is 22.2. The second-order valence-corrected chi connectivity index (χ2v) is 9.72. The van der Waals surface area contributed by atoms with Crippen LogP contribution in [0.1, 0.15) is 29.7 Å². The summed E-state index contributed by atoms with van der Waals surface area (Å²) in [5, 5.41) is 9.68. The van der Waals surface area contributed by atoms with E-state index in [1.54, 1.807) is 7.11 Å². The van der Waals surface area contributed by atoms with Crippen molar-refractivity contribution in [2.45, 2.75) is 26.8 Å². The van der Waals surface area contributed by atoms with E-state index in [-0.39, 0.29) is 17.6 Å². The number of aryl methyl sites for hydroxylation is 2. The van der Waals surface area contributed by atoms with Crippen molar-refractivity contribution in [1.82, 2.24) is 5.32 Å². The highest BCUT2D eigenvalue weighted by molar-refractivity contribution is 8.14. The highest BCUT2D eigenvalue weighted by Crippen LogP contribution is 2.35. The molecule has 4 rings (SSSR count). The van der Waals surface area contributed by atoms with E-state index >= 15 is 0 Å². The van der Waals surface area contributed by atoms with Gasteiger partial charge in [0.1, 0.15) is 11.8 Å². The van der Waals surface area contributed by atoms with Gasteiger partial charge in [0, 0.05) is 17.1 Å². The summed E-state index contributed by atoms with van der Waals surface area (Å²) in [5.74, 6) is 0.509. The maximum atomic E-state index is 13.4. The first-order valence-corrected chi connectivity index (χ1v) is 12.9. The molecule has 2 amide bonds. The average Bonchev–Trinajstić information content (AvgIpc) is 2.88. The molecule has 0 radical (unpaired) electrons. The highest BCUT2D eigenvalue weighted by atomic mass is 32.2. The molecule has 3 aromatic rings. The van der Waals surface area contributed by atoms with Crippen molar-refractivity contribution in [3.8, 4) is 5.75 Å². The van der Waals surface area contributed by atoms with Gasteiger partial charge in [-0.1, -0.05) is 54.2 Å². The number of amidine groups is 1. The number of ether oxygens (including phenoxy) is 1. The first-order chi connectivity index (χ1) is 17.8. The van der Waals surface area contributed by atoms with Gasteiger partial charge >= 0.3 is 0 Å². The third-order valence-electron chi connectivity index (χ3n) is 5.88. The van der Waals surface area contributed by atoms with E-state index in [9.17, 15) is 9.59 Å². The fourth-order valence-electron chi connectivity index (χ4n) is 4.04. The van der Waals surface area contributed by atoms with Crippen LogP contribution in [0.4, 0.5) is 11.4 Å². The third kappa shape index (κ3) is 6.59. The molecule has 1 atom stereocenters. The Morgan fingerprint density at radius 3 is 2.43 bits per heavy atom. The number of methoxy groups -OCH3 is 1. The molecule has 3 N–H and O–H groups in total. The Hall–Kier alpha value is -4.04. The second-order valence-electron chi connectivity index (χ2n) is 8.76. The summed E-state index contributed by atoms with van der Waals surface area (Å²) in [5.41, 5.74) is 5.52. The predicted octanol–water partition coefficient (Wildman–Crippen LogP) is 5.60. The summed E-state index contributed by atoms with van der Waals surface area (Å²) >= 11 is 1.29. The predicted molar refractivity (Wildman–Crippen MR) is 151 cm³/mol. The topological polar surface area (TPSA) is 91.8 Å². The minimum atomic E-state index is -0.568. The van der Waals surface area contributed by atoms with Gasteiger partial charge in [-0.15, -0.1) is 0 Å². The smallest absolute Gasteiger partial charge is 0.255 e. The van der Waals surface area contributed by atoms with Crippen molar-refractivity contribution in [2.24, 2.45) is 4.99 Å². The Labute approximate surface area is 221 Å². The minimum absolute atomic E-state index is 0.136. The largest absolute Gasteiger partial charge is 0.496 e. The molecule has 1 heterocycles. The van der Waals surface area contributed by atoms with Crippen LogP contribution in [-0.4, -0.2) is 29.8 Å². The van der Waals surface area contributed by atoms with Crippen LogP contribution in [0, 0.1) is 13.8 Å². The number of hydrogen-bond donors (Lipinski definition) is 3. The van der Waals surface area contributed by atoms with E-state index in [0.717, 1.165) is 28.1 Å². The van der Waals surface area contributed by atoms with E-state index in [4.69, 9.17) is 9.73 Å². The van der Waals surface area contributed by atoms with Gasteiger partial charge in [-0.2, -0.15) is 0 Å². The first-order valence-electron chi connectivity index (χ1n) is 11.9. The van der Waals surface area contributed by atoms with Gasteiger partial charge < -0.3 is 20.7 Å². The van der Waals surface area contributed by atoms with Gasteiger partial charge in [-0.05, 0) is 67.8 Å². The summed E-state index contributed by atoms with van der Waals surface area (Å²) < 4.78 is 5.53. The molecule has 3 aromatic carbocycles. The summed E-state index contributed by atoms with van der Waals surface area (Å²) in [6.07, 6.45) is 0. The number of benzene rings is 3. The number of carbonyl (C=O) groups excluding carboxylic acids is 2. The number of para-hydroxylation sites is 1. The third-order valence-corrected chi connectivity index (χ3v) is 6.77. The van der Waals surface area contributed by atoms with E-state index in [1.165, 1.54) is 11.8 Å². The number of aliphatic imine (C=N–C) groups is 1. The molecule has 0 aromatic heterocycles. The van der Waals surface area contributed by atoms with E-state index < -0.39 is 6.04 Å². The van der Waals surface area contributed by atoms with Crippen LogP contribution in [0.3, 0.4) is 0 Å². The van der Waals surface area contributed by atoms with Gasteiger partial charge in [-0.3, -0.25) is 9.59 Å². The quantitative estimate of drug-likeness (QED) is 0.382. The zero-order valence-corrected chi connectivity index (χ0v) is 22.1. The molecule has 1 aliphatic rings. The maximum Gasteiger partial charge on any atom is 0.255 e. The molecule has 0 saturated carbocycles. The first kappa shape index (κ1) is 26.0. The zero-order valence-electron chi connectivity index (χ0n) is 21.3. The van der Waals surface area contributed by atoms with Crippen molar-refractivity contribution in [3.05, 3.63) is 101 Å². The Morgan fingerprint density at radius 1 is 0.946 bits per heavy atom. The highest BCUT2D eigenvalue weighted by Gasteiger charge is 2.30. The van der Waals surface area contributed by atoms with Crippen molar-refractivity contribution in [1.29, 1.82) is 0 Å². The van der Waals surface area contributed by atoms with Crippen LogP contribution in [0.2, 0.25) is 0 Å². The lowest BCUT2D eigenvalue weighted by Crippen LogP contribution is -2.32. The molecule has 0 saturated heterocycles. The number of nitrogens with zero attached hydrogens (tertiary/aromatic N) is 1. The van der Waals surface area contributed by atoms with Gasteiger partial charge in [0.25, 0.3) is 5.91 Å². The van der Waals surface area contributed by atoms with Crippen molar-refractivity contribution in [3.63, 3.8) is 0 Å². The molecular weight excluding hydrogens is 484 g/mol. The monoisotopic (exact) mass is 514 g/mol. The number of nitrogens with one attached hydrogen (secondary N) is 3. The normalized spacial score (nSPS) is 14.9. The molecule has 0 fully saturated rings. The fourth-order valence-corrected chi connectivity index (χ4v) is 4.78. The van der Waals surface area contributed by atoms with Crippen LogP contribution in [0.15, 0.2) is 89.1 Å². The molecule has 0 spiro atoms. The Morgan fingerprint density at radius 2 is 1.70 bits per heavy atom. The lowest BCUT2D eigenvalue weighted by atomic mass is 9.94. The Bertz CT molecular complexity index is 1370. The molecule has 0 bridgehead atoms. The molecule has 1 aliphatic heterocycles. The summed E-state index contributed by atoms with van der Waals surface area (Å²) in [4.78, 5) is 30.9. The second kappa shape index (κ2) is 11.8. The molecule has 190 valence electrons. The number of amides is 2. The van der Waals surface area contributed by atoms with Crippen LogP contribution in [0.5, 0.6) is 5.75 Å². The zero-order chi connectivity index (χ0) is 26.4. The van der Waals surface area contributed by atoms with Crippen LogP contribution >= 0.6 is 11.8 Å². The van der Waals surface area contributed by atoms with Gasteiger partial charge in [-0.25, -0.2) is 4.99 Å². The van der Waals surface area contributed by atoms with Crippen molar-refractivity contribution >= 4 is 40.1 Å². The number of allylic oxidation sites excluding steroid dienone is 1. The van der Waals surface area contributed by atoms with Crippen LogP contribution in [0.25, 0.3) is 0 Å². The molecule has 0 aliphatic carbocycles. The number of hydrogen-bond acceptors (Lipinski definition) is 6. The van der Waals surface area contributed by atoms with Crippen molar-refractivity contribution < 1.29 is 14.3 Å². The number of thioether (sulfide) groups is 1. The van der Waals surface area contributed by atoms with E-state index in [2.05, 4.69) is 16.0 Å². The molecule has 7 nitrogen and oxygen atoms in total. The van der Waals surface area contributed by atoms with Crippen molar-refractivity contribution in [2.75, 3.05) is 23.5 Å². The standard InChI is InChI=1S/C29H30N4O3S/c1-18-9-8-12-23(15-18)31-25(34)17-37-29-30-20(3)26(28(35)32-22-10-6-5-7-11-22)27(33-29)21-14-13-19(2)24(16-21)36-4/h5-16,27H,17H2,1-4H3,(H,30,33)(H,31,34)(H,32,35)/t27-/m1/s1. The molecular formula is C29H30N4O3S. The average molecular weight is 515 g/mol. The molecule has 8 heteroatoms. The lowest BCUT2D eigenvalue weighted by molar-refractivity contribution is -0.114. The number of anilines is 2. The SMILES string of the molecule is COc1cc([C@H]2N=C(SCC(=O)Nc3cccc(C)c3)NC(C)=C2C(=O)Nc2ccccc2)ccc1C. The molecule has 37 heavy (non-hydrogen) atoms. The van der Waals surface area contributed by atoms with Crippen LogP contribution in [-0.2, 0) is 9.59 Å². The van der Waals surface area contributed by atoms with E-state index in [0.29, 0.717) is 22.1 Å². The minimum Gasteiger partial charge on any atom is -0.496 e. The molecule has 0 unspecified atom stereocenters. The van der Waals surface area contributed by atoms with Gasteiger partial charge in [0.15, 0.2) is 5.17 Å². The van der Waals surface area contributed by atoms with Gasteiger partial charge in [0.2, 0.25) is 5.91 Å².